The Hall–Kier alpha value is -0.870. The first kappa shape index (κ1) is 10.6. The molecule has 15 heavy (non-hydrogen) atoms. The molecule has 1 saturated heterocycles. The zero-order valence-electron chi connectivity index (χ0n) is 9.11. The molecule has 1 aliphatic rings. The quantitative estimate of drug-likeness (QED) is 0.824. The number of aromatic nitrogens is 1. The van der Waals surface area contributed by atoms with Gasteiger partial charge in [0.15, 0.2) is 5.89 Å². The second-order valence-electron chi connectivity index (χ2n) is 4.24. The van der Waals surface area contributed by atoms with Crippen molar-refractivity contribution in [3.8, 4) is 0 Å². The highest BCUT2D eigenvalue weighted by molar-refractivity contribution is 5.01. The zero-order valence-corrected chi connectivity index (χ0v) is 9.11. The summed E-state index contributed by atoms with van der Waals surface area (Å²) in [5.74, 6) is 1.34. The van der Waals surface area contributed by atoms with Gasteiger partial charge in [-0.05, 0) is 25.7 Å². The van der Waals surface area contributed by atoms with E-state index in [9.17, 15) is 0 Å². The summed E-state index contributed by atoms with van der Waals surface area (Å²) >= 11 is 0. The Morgan fingerprint density at radius 1 is 1.67 bits per heavy atom. The van der Waals surface area contributed by atoms with Crippen LogP contribution >= 0.6 is 0 Å². The molecule has 2 heterocycles. The Labute approximate surface area is 89.8 Å². The van der Waals surface area contributed by atoms with E-state index in [-0.39, 0.29) is 6.04 Å². The monoisotopic (exact) mass is 210 g/mol. The molecule has 0 aromatic carbocycles. The molecule has 0 saturated carbocycles. The van der Waals surface area contributed by atoms with Crippen LogP contribution in [0.15, 0.2) is 10.7 Å². The lowest BCUT2D eigenvalue weighted by Crippen LogP contribution is -2.19. The fraction of sp³-hybridized carbons (Fsp3) is 0.727. The van der Waals surface area contributed by atoms with Gasteiger partial charge in [-0.15, -0.1) is 0 Å². The summed E-state index contributed by atoms with van der Waals surface area (Å²) in [6.45, 7) is 3.63. The Kier molecular flexibility index (Phi) is 3.38. The maximum atomic E-state index is 5.71. The second-order valence-corrected chi connectivity index (χ2v) is 4.24. The van der Waals surface area contributed by atoms with Crippen molar-refractivity contribution in [2.24, 2.45) is 11.7 Å². The van der Waals surface area contributed by atoms with Gasteiger partial charge in [-0.25, -0.2) is 4.98 Å². The van der Waals surface area contributed by atoms with Crippen molar-refractivity contribution in [3.05, 3.63) is 17.8 Å². The molecule has 84 valence electrons. The van der Waals surface area contributed by atoms with E-state index < -0.39 is 0 Å². The van der Waals surface area contributed by atoms with E-state index in [2.05, 4.69) is 4.98 Å². The van der Waals surface area contributed by atoms with Crippen molar-refractivity contribution < 1.29 is 9.15 Å². The summed E-state index contributed by atoms with van der Waals surface area (Å²) in [6, 6.07) is -0.0508. The van der Waals surface area contributed by atoms with Crippen molar-refractivity contribution in [2.45, 2.75) is 32.2 Å². The van der Waals surface area contributed by atoms with Crippen LogP contribution in [0.2, 0.25) is 0 Å². The van der Waals surface area contributed by atoms with Gasteiger partial charge in [0.1, 0.15) is 6.26 Å². The molecule has 4 heteroatoms. The molecular formula is C11H18N2O2. The van der Waals surface area contributed by atoms with Gasteiger partial charge in [0.05, 0.1) is 5.69 Å². The molecule has 4 nitrogen and oxygen atoms in total. The van der Waals surface area contributed by atoms with Crippen molar-refractivity contribution >= 4 is 0 Å². The Bertz CT molecular complexity index is 303. The average molecular weight is 210 g/mol. The van der Waals surface area contributed by atoms with Crippen LogP contribution in [-0.2, 0) is 11.2 Å². The molecule has 0 amide bonds. The highest BCUT2D eigenvalue weighted by Crippen LogP contribution is 2.19. The van der Waals surface area contributed by atoms with E-state index in [4.69, 9.17) is 14.9 Å². The summed E-state index contributed by atoms with van der Waals surface area (Å²) in [5, 5.41) is 0. The van der Waals surface area contributed by atoms with Crippen LogP contribution in [0.1, 0.15) is 37.4 Å². The maximum absolute atomic E-state index is 5.71. The molecule has 0 aliphatic carbocycles. The molecule has 2 rings (SSSR count). The molecule has 1 fully saturated rings. The van der Waals surface area contributed by atoms with E-state index in [0.29, 0.717) is 5.92 Å². The van der Waals surface area contributed by atoms with Gasteiger partial charge in [0.25, 0.3) is 0 Å². The van der Waals surface area contributed by atoms with Crippen LogP contribution in [0.25, 0.3) is 0 Å². The highest BCUT2D eigenvalue weighted by atomic mass is 16.5. The van der Waals surface area contributed by atoms with Crippen LogP contribution in [0.5, 0.6) is 0 Å². The third kappa shape index (κ3) is 2.79. The van der Waals surface area contributed by atoms with E-state index in [1.54, 1.807) is 6.26 Å². The first-order valence-corrected chi connectivity index (χ1v) is 5.53. The Morgan fingerprint density at radius 3 is 3.13 bits per heavy atom. The number of ether oxygens (including phenoxy) is 1. The number of rotatable bonds is 3. The van der Waals surface area contributed by atoms with E-state index >= 15 is 0 Å². The zero-order chi connectivity index (χ0) is 10.7. The van der Waals surface area contributed by atoms with E-state index in [1.165, 1.54) is 6.42 Å². The fourth-order valence-electron chi connectivity index (χ4n) is 1.84. The summed E-state index contributed by atoms with van der Waals surface area (Å²) < 4.78 is 10.8. The molecule has 1 aromatic rings. The summed E-state index contributed by atoms with van der Waals surface area (Å²) in [7, 11) is 0. The van der Waals surface area contributed by atoms with Gasteiger partial charge in [-0.2, -0.15) is 0 Å². The predicted molar refractivity (Wildman–Crippen MR) is 56.4 cm³/mol. The molecule has 1 aromatic heterocycles. The minimum absolute atomic E-state index is 0.0508. The molecule has 2 unspecified atom stereocenters. The van der Waals surface area contributed by atoms with Gasteiger partial charge < -0.3 is 14.9 Å². The minimum atomic E-state index is -0.0508. The summed E-state index contributed by atoms with van der Waals surface area (Å²) in [6.07, 6.45) is 4.87. The lowest BCUT2D eigenvalue weighted by atomic mass is 9.99. The van der Waals surface area contributed by atoms with Gasteiger partial charge in [-0.1, -0.05) is 0 Å². The molecule has 0 bridgehead atoms. The van der Waals surface area contributed by atoms with Gasteiger partial charge >= 0.3 is 0 Å². The normalized spacial score (nSPS) is 24.0. The van der Waals surface area contributed by atoms with Gasteiger partial charge in [0.2, 0.25) is 0 Å². The Balaban J connectivity index is 1.91. The van der Waals surface area contributed by atoms with Crippen molar-refractivity contribution in [2.75, 3.05) is 13.2 Å². The predicted octanol–water partition coefficient (Wildman–Crippen LogP) is 1.66. The molecule has 2 N–H and O–H groups in total. The number of nitrogens with zero attached hydrogens (tertiary/aromatic N) is 1. The number of oxazole rings is 1. The van der Waals surface area contributed by atoms with Crippen molar-refractivity contribution in [1.82, 2.24) is 4.98 Å². The molecule has 0 radical (unpaired) electrons. The van der Waals surface area contributed by atoms with Crippen LogP contribution in [0.4, 0.5) is 0 Å². The van der Waals surface area contributed by atoms with Crippen molar-refractivity contribution in [1.29, 1.82) is 0 Å². The van der Waals surface area contributed by atoms with Crippen molar-refractivity contribution in [3.63, 3.8) is 0 Å². The van der Waals surface area contributed by atoms with Crippen LogP contribution in [0, 0.1) is 5.92 Å². The standard InChI is InChI=1S/C11H18N2O2/c1-8(12)10-7-15-11(13-10)5-9-3-2-4-14-6-9/h7-9H,2-6,12H2,1H3. The SMILES string of the molecule is CC(N)c1coc(CC2CCCOC2)n1. The first-order valence-electron chi connectivity index (χ1n) is 5.53. The second kappa shape index (κ2) is 4.77. The highest BCUT2D eigenvalue weighted by Gasteiger charge is 2.17. The molecule has 1 aliphatic heterocycles. The van der Waals surface area contributed by atoms with Crippen LogP contribution in [-0.4, -0.2) is 18.2 Å². The minimum Gasteiger partial charge on any atom is -0.449 e. The summed E-state index contributed by atoms with van der Waals surface area (Å²) in [4.78, 5) is 4.36. The average Bonchev–Trinajstić information content (AvgIpc) is 2.68. The van der Waals surface area contributed by atoms with Gasteiger partial charge in [-0.3, -0.25) is 0 Å². The molecule has 2 atom stereocenters. The number of nitrogens with two attached hydrogens (primary N) is 1. The molecule has 0 spiro atoms. The largest absolute Gasteiger partial charge is 0.449 e. The lowest BCUT2D eigenvalue weighted by molar-refractivity contribution is 0.0526. The van der Waals surface area contributed by atoms with E-state index in [0.717, 1.165) is 37.6 Å². The third-order valence-electron chi connectivity index (χ3n) is 2.75. The first-order chi connectivity index (χ1) is 7.25. The number of hydrogen-bond acceptors (Lipinski definition) is 4. The smallest absolute Gasteiger partial charge is 0.194 e. The fourth-order valence-corrected chi connectivity index (χ4v) is 1.84. The van der Waals surface area contributed by atoms with E-state index in [1.807, 2.05) is 6.92 Å². The summed E-state index contributed by atoms with van der Waals surface area (Å²) in [5.41, 5.74) is 6.55. The van der Waals surface area contributed by atoms with Crippen LogP contribution in [0.3, 0.4) is 0 Å². The third-order valence-corrected chi connectivity index (χ3v) is 2.75. The molecular weight excluding hydrogens is 192 g/mol. The Morgan fingerprint density at radius 2 is 2.53 bits per heavy atom. The van der Waals surface area contributed by atoms with Crippen LogP contribution < -0.4 is 5.73 Å². The topological polar surface area (TPSA) is 61.3 Å². The number of hydrogen-bond donors (Lipinski definition) is 1. The van der Waals surface area contributed by atoms with Gasteiger partial charge in [0, 0.05) is 25.7 Å². The maximum Gasteiger partial charge on any atom is 0.194 e. The lowest BCUT2D eigenvalue weighted by Gasteiger charge is -2.20.